The molecule has 8 aromatic rings. The Hall–Kier alpha value is -5.92. The second kappa shape index (κ2) is 9.05. The molecule has 1 N–H and O–H groups in total. The third kappa shape index (κ3) is 3.33. The first kappa shape index (κ1) is 25.6. The highest BCUT2D eigenvalue weighted by atomic mass is 15.0. The van der Waals surface area contributed by atoms with Crippen molar-refractivity contribution in [2.75, 3.05) is 0 Å². The number of rotatable bonds is 3. The van der Waals surface area contributed by atoms with Gasteiger partial charge in [-0.25, -0.2) is 0 Å². The fourth-order valence-corrected chi connectivity index (χ4v) is 7.79. The van der Waals surface area contributed by atoms with Crippen molar-refractivity contribution >= 4 is 49.8 Å². The average Bonchev–Trinajstić information content (AvgIpc) is 3.67. The maximum absolute atomic E-state index is 11.0. The van der Waals surface area contributed by atoms with Gasteiger partial charge in [0.25, 0.3) is 0 Å². The smallest absolute Gasteiger partial charge is 0.104 e. The summed E-state index contributed by atoms with van der Waals surface area (Å²) in [6.07, 6.45) is 1.38. The Morgan fingerprint density at radius 2 is 1.09 bits per heavy atom. The van der Waals surface area contributed by atoms with Gasteiger partial charge in [-0.1, -0.05) is 92.7 Å². The quantitative estimate of drug-likeness (QED) is 0.209. The summed E-state index contributed by atoms with van der Waals surface area (Å²) in [5, 5.41) is 23.9. The number of fused-ring (bicyclic) bond motifs is 9. The molecule has 1 aliphatic rings. The lowest BCUT2D eigenvalue weighted by molar-refractivity contribution is 0.661. The molecule has 0 saturated heterocycles. The first-order valence-corrected chi connectivity index (χ1v) is 15.3. The minimum atomic E-state index is -0.162. The normalized spacial score (nSPS) is 13.4. The monoisotopic (exact) mass is 576 g/mol. The number of hydrogen-bond acceptors (Lipinski definition) is 2. The Bertz CT molecular complexity index is 2550. The summed E-state index contributed by atoms with van der Waals surface area (Å²) in [5.41, 5.74) is 12.0. The van der Waals surface area contributed by atoms with Crippen LogP contribution in [0, 0.1) is 16.7 Å². The lowest BCUT2D eigenvalue weighted by Crippen LogP contribution is -2.15. The van der Waals surface area contributed by atoms with E-state index in [1.165, 1.54) is 28.5 Å². The van der Waals surface area contributed by atoms with Crippen molar-refractivity contribution in [3.05, 3.63) is 144 Å². The van der Waals surface area contributed by atoms with Crippen LogP contribution < -0.4 is 0 Å². The summed E-state index contributed by atoms with van der Waals surface area (Å²) in [6.45, 7) is 4.60. The van der Waals surface area contributed by atoms with Gasteiger partial charge in [-0.05, 0) is 70.3 Å². The van der Waals surface area contributed by atoms with Gasteiger partial charge in [0, 0.05) is 33.2 Å². The zero-order valence-electron chi connectivity index (χ0n) is 25.0. The summed E-state index contributed by atoms with van der Waals surface area (Å²) < 4.78 is 4.43. The minimum Gasteiger partial charge on any atom is -0.308 e. The van der Waals surface area contributed by atoms with Crippen molar-refractivity contribution in [3.8, 4) is 28.6 Å². The molecule has 0 spiro atoms. The maximum Gasteiger partial charge on any atom is 0.104 e. The predicted octanol–water partition coefficient (Wildman–Crippen LogP) is 10.1. The molecule has 0 bridgehead atoms. The minimum absolute atomic E-state index is 0.162. The van der Waals surface area contributed by atoms with Crippen molar-refractivity contribution in [1.29, 1.82) is 10.7 Å². The van der Waals surface area contributed by atoms with Gasteiger partial charge in [0.1, 0.15) is 11.6 Å². The molecule has 0 amide bonds. The number of benzene rings is 6. The van der Waals surface area contributed by atoms with E-state index < -0.39 is 0 Å². The number of para-hydroxylation sites is 3. The van der Waals surface area contributed by atoms with E-state index in [1.54, 1.807) is 0 Å². The third-order valence-corrected chi connectivity index (χ3v) is 9.84. The fourth-order valence-electron chi connectivity index (χ4n) is 7.79. The number of nitrogens with one attached hydrogen (secondary N) is 1. The largest absolute Gasteiger partial charge is 0.308 e. The molecule has 2 heterocycles. The molecule has 4 heteroatoms. The highest BCUT2D eigenvalue weighted by Gasteiger charge is 2.36. The van der Waals surface area contributed by atoms with Gasteiger partial charge in [-0.2, -0.15) is 5.26 Å². The highest BCUT2D eigenvalue weighted by Crippen LogP contribution is 2.51. The summed E-state index contributed by atoms with van der Waals surface area (Å²) in [6, 6.07) is 45.1. The van der Waals surface area contributed by atoms with Gasteiger partial charge >= 0.3 is 0 Å². The molecule has 6 aromatic carbocycles. The van der Waals surface area contributed by atoms with E-state index in [1.807, 2.05) is 24.3 Å². The van der Waals surface area contributed by atoms with Crippen LogP contribution in [0.1, 0.15) is 36.1 Å². The molecule has 0 saturated carbocycles. The SMILES string of the molecule is CC1(C)c2ccccc2-c2cc3c4ccccc4n(-c4cc(C=N)cc(-n5c6ccccc6c6ccccc65)c4C#N)c3cc21. The topological polar surface area (TPSA) is 57.5 Å². The standard InChI is InChI=1S/C41H28N4/c1-41(2)33-15-7-3-11-26(33)30-21-31-29-14-6-10-18-37(29)45(40(31)22-34(30)41)39-20-25(23-42)19-38(32(39)24-43)44-35-16-8-4-12-27(35)28-13-5-9-17-36(28)44/h3-23,42H,1-2H3. The molecule has 0 aliphatic heterocycles. The van der Waals surface area contributed by atoms with Gasteiger partial charge in [-0.3, -0.25) is 0 Å². The van der Waals surface area contributed by atoms with Gasteiger partial charge < -0.3 is 14.5 Å². The molecular weight excluding hydrogens is 548 g/mol. The maximum atomic E-state index is 11.0. The molecular formula is C41H28N4. The van der Waals surface area contributed by atoms with Gasteiger partial charge in [0.05, 0.1) is 33.4 Å². The second-order valence-electron chi connectivity index (χ2n) is 12.5. The van der Waals surface area contributed by atoms with Crippen molar-refractivity contribution in [2.24, 2.45) is 0 Å². The Balaban J connectivity index is 1.43. The lowest BCUT2D eigenvalue weighted by atomic mass is 9.82. The van der Waals surface area contributed by atoms with E-state index in [-0.39, 0.29) is 5.41 Å². The Morgan fingerprint density at radius 1 is 0.578 bits per heavy atom. The van der Waals surface area contributed by atoms with Crippen LogP contribution >= 0.6 is 0 Å². The molecule has 0 unspecified atom stereocenters. The fraction of sp³-hybridized carbons (Fsp3) is 0.0732. The van der Waals surface area contributed by atoms with Crippen LogP contribution in [0.2, 0.25) is 0 Å². The van der Waals surface area contributed by atoms with E-state index in [9.17, 15) is 5.26 Å². The molecule has 9 rings (SSSR count). The summed E-state index contributed by atoms with van der Waals surface area (Å²) in [4.78, 5) is 0. The van der Waals surface area contributed by atoms with Crippen molar-refractivity contribution < 1.29 is 0 Å². The number of hydrogen-bond donors (Lipinski definition) is 1. The van der Waals surface area contributed by atoms with Crippen LogP contribution in [0.3, 0.4) is 0 Å². The van der Waals surface area contributed by atoms with Crippen molar-refractivity contribution in [1.82, 2.24) is 9.13 Å². The van der Waals surface area contributed by atoms with Crippen molar-refractivity contribution in [3.63, 3.8) is 0 Å². The van der Waals surface area contributed by atoms with E-state index in [2.05, 4.69) is 126 Å². The highest BCUT2D eigenvalue weighted by molar-refractivity contribution is 6.13. The molecule has 4 nitrogen and oxygen atoms in total. The van der Waals surface area contributed by atoms with E-state index in [0.29, 0.717) is 5.56 Å². The molecule has 1 aliphatic carbocycles. The Labute approximate surface area is 260 Å². The van der Waals surface area contributed by atoms with E-state index >= 15 is 0 Å². The predicted molar refractivity (Wildman–Crippen MR) is 185 cm³/mol. The van der Waals surface area contributed by atoms with Crippen LogP contribution in [-0.2, 0) is 5.41 Å². The molecule has 45 heavy (non-hydrogen) atoms. The van der Waals surface area contributed by atoms with Crippen molar-refractivity contribution in [2.45, 2.75) is 19.3 Å². The van der Waals surface area contributed by atoms with E-state index in [0.717, 1.165) is 60.5 Å². The van der Waals surface area contributed by atoms with E-state index in [4.69, 9.17) is 5.41 Å². The van der Waals surface area contributed by atoms with Gasteiger partial charge in [0.15, 0.2) is 0 Å². The number of aromatic nitrogens is 2. The van der Waals surface area contributed by atoms with Crippen LogP contribution in [0.25, 0.3) is 66.1 Å². The number of nitrogens with zero attached hydrogens (tertiary/aromatic N) is 3. The molecule has 0 atom stereocenters. The molecule has 212 valence electrons. The first-order valence-electron chi connectivity index (χ1n) is 15.3. The van der Waals surface area contributed by atoms with Gasteiger partial charge in [-0.15, -0.1) is 0 Å². The number of nitriles is 1. The molecule has 0 radical (unpaired) electrons. The zero-order chi connectivity index (χ0) is 30.4. The lowest BCUT2D eigenvalue weighted by Gasteiger charge is -2.22. The Kier molecular flexibility index (Phi) is 5.14. The Morgan fingerprint density at radius 3 is 1.67 bits per heavy atom. The second-order valence-corrected chi connectivity index (χ2v) is 12.5. The molecule has 0 fully saturated rings. The van der Waals surface area contributed by atoms with Crippen LogP contribution in [0.4, 0.5) is 0 Å². The third-order valence-electron chi connectivity index (χ3n) is 9.84. The molecule has 2 aromatic heterocycles. The summed E-state index contributed by atoms with van der Waals surface area (Å²) in [5.74, 6) is 0. The van der Waals surface area contributed by atoms with Gasteiger partial charge in [0.2, 0.25) is 0 Å². The van der Waals surface area contributed by atoms with Crippen LogP contribution in [0.5, 0.6) is 0 Å². The van der Waals surface area contributed by atoms with Crippen LogP contribution in [-0.4, -0.2) is 15.3 Å². The average molecular weight is 577 g/mol. The van der Waals surface area contributed by atoms with Crippen LogP contribution in [0.15, 0.2) is 121 Å². The first-order chi connectivity index (χ1) is 22.0. The summed E-state index contributed by atoms with van der Waals surface area (Å²) in [7, 11) is 0. The zero-order valence-corrected chi connectivity index (χ0v) is 25.0. The summed E-state index contributed by atoms with van der Waals surface area (Å²) >= 11 is 0.